The lowest BCUT2D eigenvalue weighted by Crippen LogP contribution is -2.48. The van der Waals surface area contributed by atoms with E-state index in [1.807, 2.05) is 13.8 Å². The SMILES string of the molecule is CCCC(C)(N)C(=O)Nc1cc(C)c(C)c(C(=O)O)c1. The second-order valence-electron chi connectivity index (χ2n) is 5.39. The second-order valence-corrected chi connectivity index (χ2v) is 5.39. The number of aryl methyl sites for hydroxylation is 1. The van der Waals surface area contributed by atoms with Crippen LogP contribution in [-0.2, 0) is 4.79 Å². The minimum atomic E-state index is -1.01. The van der Waals surface area contributed by atoms with Crippen LogP contribution in [0.5, 0.6) is 0 Å². The average molecular weight is 278 g/mol. The van der Waals surface area contributed by atoms with E-state index in [0.717, 1.165) is 12.0 Å². The summed E-state index contributed by atoms with van der Waals surface area (Å²) < 4.78 is 0. The van der Waals surface area contributed by atoms with E-state index in [1.165, 1.54) is 6.07 Å². The summed E-state index contributed by atoms with van der Waals surface area (Å²) in [5, 5.41) is 11.9. The van der Waals surface area contributed by atoms with E-state index >= 15 is 0 Å². The molecule has 20 heavy (non-hydrogen) atoms. The molecule has 1 amide bonds. The first-order valence-electron chi connectivity index (χ1n) is 6.64. The van der Waals surface area contributed by atoms with Crippen molar-refractivity contribution in [3.63, 3.8) is 0 Å². The summed E-state index contributed by atoms with van der Waals surface area (Å²) in [6.07, 6.45) is 1.36. The monoisotopic (exact) mass is 278 g/mol. The number of amides is 1. The van der Waals surface area contributed by atoms with E-state index in [-0.39, 0.29) is 11.5 Å². The van der Waals surface area contributed by atoms with Gasteiger partial charge in [0.1, 0.15) is 0 Å². The summed E-state index contributed by atoms with van der Waals surface area (Å²) >= 11 is 0. The third-order valence-electron chi connectivity index (χ3n) is 3.44. The fourth-order valence-electron chi connectivity index (χ4n) is 2.06. The van der Waals surface area contributed by atoms with Crippen molar-refractivity contribution in [3.05, 3.63) is 28.8 Å². The molecule has 110 valence electrons. The molecular weight excluding hydrogens is 256 g/mol. The first kappa shape index (κ1) is 16.2. The first-order chi connectivity index (χ1) is 9.19. The number of carbonyl (C=O) groups is 2. The Morgan fingerprint density at radius 2 is 1.95 bits per heavy atom. The number of aromatic carboxylic acids is 1. The molecular formula is C15H22N2O3. The third-order valence-corrected chi connectivity index (χ3v) is 3.44. The molecule has 0 spiro atoms. The van der Waals surface area contributed by atoms with Gasteiger partial charge >= 0.3 is 5.97 Å². The van der Waals surface area contributed by atoms with Gasteiger partial charge in [0.2, 0.25) is 5.91 Å². The number of rotatable bonds is 5. The summed E-state index contributed by atoms with van der Waals surface area (Å²) in [5.41, 5.74) is 7.15. The number of carbonyl (C=O) groups excluding carboxylic acids is 1. The number of hydrogen-bond acceptors (Lipinski definition) is 3. The van der Waals surface area contributed by atoms with E-state index in [9.17, 15) is 9.59 Å². The lowest BCUT2D eigenvalue weighted by atomic mass is 9.96. The zero-order valence-corrected chi connectivity index (χ0v) is 12.4. The number of hydrogen-bond donors (Lipinski definition) is 3. The molecule has 4 N–H and O–H groups in total. The number of benzene rings is 1. The predicted molar refractivity (Wildman–Crippen MR) is 79.0 cm³/mol. The summed E-state index contributed by atoms with van der Waals surface area (Å²) in [4.78, 5) is 23.3. The van der Waals surface area contributed by atoms with Gasteiger partial charge in [-0.05, 0) is 50.5 Å². The third kappa shape index (κ3) is 3.57. The number of nitrogens with two attached hydrogens (primary N) is 1. The standard InChI is InChI=1S/C15H22N2O3/c1-5-6-15(4,16)14(20)17-11-7-9(2)10(3)12(8-11)13(18)19/h7-8H,5-6,16H2,1-4H3,(H,17,20)(H,18,19). The van der Waals surface area contributed by atoms with Crippen molar-refractivity contribution in [3.8, 4) is 0 Å². The fourth-order valence-corrected chi connectivity index (χ4v) is 2.06. The highest BCUT2D eigenvalue weighted by atomic mass is 16.4. The number of carboxylic acids is 1. The Morgan fingerprint density at radius 3 is 2.45 bits per heavy atom. The van der Waals surface area contributed by atoms with Gasteiger partial charge in [0.05, 0.1) is 11.1 Å². The Morgan fingerprint density at radius 1 is 1.35 bits per heavy atom. The zero-order valence-electron chi connectivity index (χ0n) is 12.4. The van der Waals surface area contributed by atoms with Gasteiger partial charge in [0.25, 0.3) is 0 Å². The van der Waals surface area contributed by atoms with Crippen molar-refractivity contribution in [2.45, 2.75) is 46.1 Å². The molecule has 1 aromatic carbocycles. The van der Waals surface area contributed by atoms with Crippen molar-refractivity contribution < 1.29 is 14.7 Å². The van der Waals surface area contributed by atoms with Crippen LogP contribution in [0.25, 0.3) is 0 Å². The normalized spacial score (nSPS) is 13.7. The Balaban J connectivity index is 3.05. The molecule has 1 unspecified atom stereocenters. The molecule has 0 heterocycles. The number of nitrogens with one attached hydrogen (secondary N) is 1. The van der Waals surface area contributed by atoms with Gasteiger partial charge in [0.15, 0.2) is 0 Å². The van der Waals surface area contributed by atoms with Crippen LogP contribution in [0.15, 0.2) is 12.1 Å². The molecule has 5 nitrogen and oxygen atoms in total. The maximum Gasteiger partial charge on any atom is 0.336 e. The number of carboxylic acid groups (broad SMARTS) is 1. The van der Waals surface area contributed by atoms with Crippen LogP contribution < -0.4 is 11.1 Å². The van der Waals surface area contributed by atoms with E-state index in [0.29, 0.717) is 17.7 Å². The maximum atomic E-state index is 12.1. The summed E-state index contributed by atoms with van der Waals surface area (Å²) in [6.45, 7) is 7.18. The van der Waals surface area contributed by atoms with Crippen LogP contribution in [0.4, 0.5) is 5.69 Å². The van der Waals surface area contributed by atoms with Crippen LogP contribution in [0.2, 0.25) is 0 Å². The minimum Gasteiger partial charge on any atom is -0.478 e. The van der Waals surface area contributed by atoms with Gasteiger partial charge in [-0.3, -0.25) is 4.79 Å². The van der Waals surface area contributed by atoms with Crippen LogP contribution in [-0.4, -0.2) is 22.5 Å². The fraction of sp³-hybridized carbons (Fsp3) is 0.467. The summed E-state index contributed by atoms with van der Waals surface area (Å²) in [7, 11) is 0. The molecule has 0 saturated carbocycles. The van der Waals surface area contributed by atoms with Gasteiger partial charge in [-0.25, -0.2) is 4.79 Å². The molecule has 0 aliphatic heterocycles. The number of anilines is 1. The smallest absolute Gasteiger partial charge is 0.336 e. The maximum absolute atomic E-state index is 12.1. The molecule has 0 bridgehead atoms. The van der Waals surface area contributed by atoms with Crippen molar-refractivity contribution in [2.24, 2.45) is 5.73 Å². The molecule has 1 atom stereocenters. The molecule has 0 saturated heterocycles. The minimum absolute atomic E-state index is 0.189. The highest BCUT2D eigenvalue weighted by Crippen LogP contribution is 2.21. The van der Waals surface area contributed by atoms with Crippen LogP contribution in [0, 0.1) is 13.8 Å². The van der Waals surface area contributed by atoms with Crippen molar-refractivity contribution in [1.82, 2.24) is 0 Å². The van der Waals surface area contributed by atoms with Gasteiger partial charge in [-0.1, -0.05) is 13.3 Å². The topological polar surface area (TPSA) is 92.4 Å². The van der Waals surface area contributed by atoms with E-state index in [2.05, 4.69) is 5.32 Å². The zero-order chi connectivity index (χ0) is 15.5. The van der Waals surface area contributed by atoms with Gasteiger partial charge in [0, 0.05) is 5.69 Å². The lowest BCUT2D eigenvalue weighted by molar-refractivity contribution is -0.120. The largest absolute Gasteiger partial charge is 0.478 e. The highest BCUT2D eigenvalue weighted by Gasteiger charge is 2.27. The molecule has 0 radical (unpaired) electrons. The average Bonchev–Trinajstić information content (AvgIpc) is 2.32. The molecule has 0 fully saturated rings. The first-order valence-corrected chi connectivity index (χ1v) is 6.64. The molecule has 1 rings (SSSR count). The van der Waals surface area contributed by atoms with Gasteiger partial charge in [-0.15, -0.1) is 0 Å². The van der Waals surface area contributed by atoms with Gasteiger partial charge in [-0.2, -0.15) is 0 Å². The highest BCUT2D eigenvalue weighted by molar-refractivity contribution is 5.99. The lowest BCUT2D eigenvalue weighted by Gasteiger charge is -2.23. The Labute approximate surface area is 119 Å². The Bertz CT molecular complexity index is 536. The molecule has 1 aromatic rings. The van der Waals surface area contributed by atoms with Gasteiger partial charge < -0.3 is 16.2 Å². The van der Waals surface area contributed by atoms with Crippen molar-refractivity contribution >= 4 is 17.6 Å². The molecule has 0 aliphatic rings. The quantitative estimate of drug-likeness (QED) is 0.771. The van der Waals surface area contributed by atoms with Crippen LogP contribution in [0.3, 0.4) is 0 Å². The second kappa shape index (κ2) is 6.05. The van der Waals surface area contributed by atoms with Crippen LogP contribution in [0.1, 0.15) is 48.2 Å². The Hall–Kier alpha value is -1.88. The van der Waals surface area contributed by atoms with E-state index < -0.39 is 11.5 Å². The molecule has 0 aromatic heterocycles. The van der Waals surface area contributed by atoms with Crippen molar-refractivity contribution in [2.75, 3.05) is 5.32 Å². The Kier molecular flexibility index (Phi) is 4.89. The summed E-state index contributed by atoms with van der Waals surface area (Å²) in [5.74, 6) is -1.32. The van der Waals surface area contributed by atoms with Crippen molar-refractivity contribution in [1.29, 1.82) is 0 Å². The van der Waals surface area contributed by atoms with E-state index in [4.69, 9.17) is 10.8 Å². The van der Waals surface area contributed by atoms with E-state index in [1.54, 1.807) is 19.9 Å². The predicted octanol–water partition coefficient (Wildman–Crippen LogP) is 2.46. The molecule has 0 aliphatic carbocycles. The molecule has 5 heteroatoms. The summed E-state index contributed by atoms with van der Waals surface area (Å²) in [6, 6.07) is 3.21. The van der Waals surface area contributed by atoms with Crippen LogP contribution >= 0.6 is 0 Å².